The highest BCUT2D eigenvalue weighted by molar-refractivity contribution is 6.00. The van der Waals surface area contributed by atoms with Crippen molar-refractivity contribution in [2.45, 2.75) is 0 Å². The summed E-state index contributed by atoms with van der Waals surface area (Å²) < 4.78 is 17.6. The average molecular weight is 221 g/mol. The predicted octanol–water partition coefficient (Wildman–Crippen LogP) is 0.828. The number of hydrogen-bond acceptors (Lipinski definition) is 5. The molecule has 0 aliphatic carbocycles. The molecule has 0 unspecified atom stereocenters. The summed E-state index contributed by atoms with van der Waals surface area (Å²) >= 11 is 0. The van der Waals surface area contributed by atoms with Crippen LogP contribution in [0.2, 0.25) is 0 Å². The number of para-hydroxylation sites is 1. The van der Waals surface area contributed by atoms with Crippen molar-refractivity contribution in [3.8, 4) is 0 Å². The number of benzene rings is 1. The first-order valence-electron chi connectivity index (χ1n) is 4.35. The first-order valence-corrected chi connectivity index (χ1v) is 4.35. The third kappa shape index (κ3) is 1.83. The van der Waals surface area contributed by atoms with E-state index in [2.05, 4.69) is 19.9 Å². The van der Waals surface area contributed by atoms with Crippen molar-refractivity contribution in [3.05, 3.63) is 35.8 Å². The maximum absolute atomic E-state index is 13.2. The molecule has 0 radical (unpaired) electrons. The Morgan fingerprint density at radius 1 is 1.31 bits per heavy atom. The SMILES string of the molecule is NC(=Nc1ccccc1F)c1nonc1N. The summed E-state index contributed by atoms with van der Waals surface area (Å²) in [5, 5.41) is 6.79. The third-order valence-corrected chi connectivity index (χ3v) is 1.85. The highest BCUT2D eigenvalue weighted by Crippen LogP contribution is 2.17. The van der Waals surface area contributed by atoms with E-state index in [0.29, 0.717) is 0 Å². The maximum atomic E-state index is 13.2. The fraction of sp³-hybridized carbons (Fsp3) is 0. The van der Waals surface area contributed by atoms with Gasteiger partial charge in [-0.3, -0.25) is 0 Å². The van der Waals surface area contributed by atoms with Crippen molar-refractivity contribution in [2.75, 3.05) is 5.73 Å². The monoisotopic (exact) mass is 221 g/mol. The van der Waals surface area contributed by atoms with Crippen molar-refractivity contribution in [2.24, 2.45) is 10.7 Å². The van der Waals surface area contributed by atoms with Gasteiger partial charge in [-0.15, -0.1) is 0 Å². The molecule has 7 heteroatoms. The molecule has 16 heavy (non-hydrogen) atoms. The van der Waals surface area contributed by atoms with Crippen LogP contribution in [0.3, 0.4) is 0 Å². The number of anilines is 1. The average Bonchev–Trinajstić information content (AvgIpc) is 2.68. The number of rotatable bonds is 2. The molecule has 0 aliphatic rings. The zero-order valence-electron chi connectivity index (χ0n) is 8.09. The van der Waals surface area contributed by atoms with Gasteiger partial charge in [0.05, 0.1) is 0 Å². The number of aromatic nitrogens is 2. The third-order valence-electron chi connectivity index (χ3n) is 1.85. The van der Waals surface area contributed by atoms with Crippen LogP contribution in [0.15, 0.2) is 33.9 Å². The van der Waals surface area contributed by atoms with Crippen LogP contribution < -0.4 is 11.5 Å². The molecule has 0 aliphatic heterocycles. The lowest BCUT2D eigenvalue weighted by atomic mass is 10.3. The van der Waals surface area contributed by atoms with Gasteiger partial charge in [-0.05, 0) is 22.4 Å². The Labute approximate surface area is 89.7 Å². The first kappa shape index (κ1) is 10.1. The second-order valence-corrected chi connectivity index (χ2v) is 2.95. The van der Waals surface area contributed by atoms with Crippen LogP contribution in [-0.4, -0.2) is 16.1 Å². The predicted molar refractivity (Wildman–Crippen MR) is 55.5 cm³/mol. The molecular weight excluding hydrogens is 213 g/mol. The van der Waals surface area contributed by atoms with Crippen molar-refractivity contribution in [3.63, 3.8) is 0 Å². The largest absolute Gasteiger partial charge is 0.382 e. The first-order chi connectivity index (χ1) is 7.68. The quantitative estimate of drug-likeness (QED) is 0.577. The molecule has 82 valence electrons. The van der Waals surface area contributed by atoms with Crippen LogP contribution in [0.4, 0.5) is 15.9 Å². The molecule has 2 aromatic rings. The molecular formula is C9H8FN5O. The minimum Gasteiger partial charge on any atom is -0.382 e. The zero-order chi connectivity index (χ0) is 11.5. The van der Waals surface area contributed by atoms with E-state index in [4.69, 9.17) is 11.5 Å². The van der Waals surface area contributed by atoms with Gasteiger partial charge in [0.25, 0.3) is 0 Å². The van der Waals surface area contributed by atoms with Gasteiger partial charge >= 0.3 is 0 Å². The highest BCUT2D eigenvalue weighted by Gasteiger charge is 2.11. The van der Waals surface area contributed by atoms with Gasteiger partial charge in [-0.25, -0.2) is 14.0 Å². The van der Waals surface area contributed by atoms with Gasteiger partial charge in [0.1, 0.15) is 11.5 Å². The number of halogens is 1. The molecule has 4 N–H and O–H groups in total. The molecule has 0 amide bonds. The summed E-state index contributed by atoms with van der Waals surface area (Å²) in [7, 11) is 0. The zero-order valence-corrected chi connectivity index (χ0v) is 8.09. The Kier molecular flexibility index (Phi) is 2.50. The minimum atomic E-state index is -0.486. The second kappa shape index (κ2) is 3.97. The Morgan fingerprint density at radius 3 is 2.69 bits per heavy atom. The molecule has 0 bridgehead atoms. The summed E-state index contributed by atoms with van der Waals surface area (Å²) in [6.45, 7) is 0. The Bertz CT molecular complexity index is 536. The molecule has 6 nitrogen and oxygen atoms in total. The van der Waals surface area contributed by atoms with Crippen molar-refractivity contribution < 1.29 is 9.02 Å². The molecule has 1 aromatic heterocycles. The van der Waals surface area contributed by atoms with Crippen LogP contribution in [0.25, 0.3) is 0 Å². The summed E-state index contributed by atoms with van der Waals surface area (Å²) in [5.41, 5.74) is 11.2. The van der Waals surface area contributed by atoms with Gasteiger partial charge < -0.3 is 11.5 Å². The summed E-state index contributed by atoms with van der Waals surface area (Å²) in [4.78, 5) is 3.84. The molecule has 1 heterocycles. The number of nitrogen functional groups attached to an aromatic ring is 1. The van der Waals surface area contributed by atoms with Crippen LogP contribution in [-0.2, 0) is 0 Å². The van der Waals surface area contributed by atoms with E-state index < -0.39 is 5.82 Å². The van der Waals surface area contributed by atoms with Crippen LogP contribution in [0.5, 0.6) is 0 Å². The second-order valence-electron chi connectivity index (χ2n) is 2.95. The van der Waals surface area contributed by atoms with E-state index in [1.165, 1.54) is 12.1 Å². The van der Waals surface area contributed by atoms with E-state index in [0.717, 1.165) is 0 Å². The number of aliphatic imine (C=N–C) groups is 1. The highest BCUT2D eigenvalue weighted by atomic mass is 19.1. The van der Waals surface area contributed by atoms with Crippen LogP contribution in [0, 0.1) is 5.82 Å². The number of hydrogen-bond donors (Lipinski definition) is 2. The molecule has 0 spiro atoms. The molecule has 2 rings (SSSR count). The van der Waals surface area contributed by atoms with Crippen molar-refractivity contribution in [1.82, 2.24) is 10.3 Å². The lowest BCUT2D eigenvalue weighted by molar-refractivity contribution is 0.308. The Balaban J connectivity index is 2.39. The number of amidine groups is 1. The molecule has 0 fully saturated rings. The maximum Gasteiger partial charge on any atom is 0.199 e. The minimum absolute atomic E-state index is 0.0117. The topological polar surface area (TPSA) is 103 Å². The van der Waals surface area contributed by atoms with E-state index in [1.54, 1.807) is 12.1 Å². The smallest absolute Gasteiger partial charge is 0.199 e. The molecule has 1 aromatic carbocycles. The van der Waals surface area contributed by atoms with E-state index in [-0.39, 0.29) is 23.0 Å². The van der Waals surface area contributed by atoms with Gasteiger partial charge in [-0.1, -0.05) is 12.1 Å². The van der Waals surface area contributed by atoms with Crippen LogP contribution in [0.1, 0.15) is 5.69 Å². The van der Waals surface area contributed by atoms with Gasteiger partial charge in [-0.2, -0.15) is 0 Å². The van der Waals surface area contributed by atoms with Gasteiger partial charge in [0.2, 0.25) is 0 Å². The van der Waals surface area contributed by atoms with Gasteiger partial charge in [0, 0.05) is 0 Å². The van der Waals surface area contributed by atoms with Crippen LogP contribution >= 0.6 is 0 Å². The van der Waals surface area contributed by atoms with Crippen molar-refractivity contribution >= 4 is 17.3 Å². The molecule has 0 atom stereocenters. The number of nitrogens with zero attached hydrogens (tertiary/aromatic N) is 3. The summed E-state index contributed by atoms with van der Waals surface area (Å²) in [5.74, 6) is -0.526. The number of nitrogens with two attached hydrogens (primary N) is 2. The normalized spacial score (nSPS) is 11.7. The Hall–Kier alpha value is -2.44. The molecule has 0 saturated heterocycles. The van der Waals surface area contributed by atoms with Gasteiger partial charge in [0.15, 0.2) is 17.3 Å². The fourth-order valence-electron chi connectivity index (χ4n) is 1.10. The lowest BCUT2D eigenvalue weighted by Crippen LogP contribution is -2.15. The van der Waals surface area contributed by atoms with Crippen molar-refractivity contribution in [1.29, 1.82) is 0 Å². The molecule has 0 saturated carbocycles. The fourth-order valence-corrected chi connectivity index (χ4v) is 1.10. The summed E-state index contributed by atoms with van der Waals surface area (Å²) in [6, 6.07) is 5.94. The standard InChI is InChI=1S/C9H8FN5O/c10-5-3-1-2-4-6(5)13-8(11)7-9(12)15-16-14-7/h1-4H,(H2,11,13)(H2,12,15). The Morgan fingerprint density at radius 2 is 2.06 bits per heavy atom. The summed E-state index contributed by atoms with van der Waals surface area (Å²) in [6.07, 6.45) is 0. The lowest BCUT2D eigenvalue weighted by Gasteiger charge is -1.97. The van der Waals surface area contributed by atoms with E-state index >= 15 is 0 Å². The van der Waals surface area contributed by atoms with E-state index in [9.17, 15) is 4.39 Å². The van der Waals surface area contributed by atoms with E-state index in [1.807, 2.05) is 0 Å².